The number of amides is 1. The zero-order valence-electron chi connectivity index (χ0n) is 10.3. The molecule has 4 nitrogen and oxygen atoms in total. The molecule has 1 amide bonds. The van der Waals surface area contributed by atoms with Gasteiger partial charge in [0.2, 0.25) is 0 Å². The topological polar surface area (TPSA) is 46.9 Å². The third-order valence-corrected chi connectivity index (χ3v) is 3.06. The zero-order valence-corrected chi connectivity index (χ0v) is 11.9. The average molecular weight is 326 g/mol. The number of aromatic nitrogens is 2. The Morgan fingerprint density at radius 3 is 3.05 bits per heavy atom. The van der Waals surface area contributed by atoms with Gasteiger partial charge in [-0.25, -0.2) is 4.39 Å². The van der Waals surface area contributed by atoms with E-state index in [1.165, 1.54) is 12.1 Å². The van der Waals surface area contributed by atoms with Crippen LogP contribution in [0.15, 0.2) is 41.1 Å². The van der Waals surface area contributed by atoms with E-state index < -0.39 is 11.7 Å². The van der Waals surface area contributed by atoms with Crippen LogP contribution in [0.5, 0.6) is 0 Å². The fourth-order valence-corrected chi connectivity index (χ4v) is 2.07. The van der Waals surface area contributed by atoms with Crippen molar-refractivity contribution < 1.29 is 9.18 Å². The molecule has 0 aliphatic heterocycles. The van der Waals surface area contributed by atoms with E-state index in [0.29, 0.717) is 11.0 Å². The Kier molecular flexibility index (Phi) is 4.31. The SMILES string of the molecule is CC(Cn1cccn1)NC(=O)c1cc(Br)ccc1F. The van der Waals surface area contributed by atoms with Crippen molar-refractivity contribution in [2.24, 2.45) is 0 Å². The first-order chi connectivity index (χ1) is 9.06. The molecule has 6 heteroatoms. The normalized spacial score (nSPS) is 12.2. The Hall–Kier alpha value is -1.69. The first-order valence-electron chi connectivity index (χ1n) is 5.79. The Bertz CT molecular complexity index is 571. The summed E-state index contributed by atoms with van der Waals surface area (Å²) in [5.41, 5.74) is 0.0293. The van der Waals surface area contributed by atoms with E-state index in [4.69, 9.17) is 0 Å². The van der Waals surface area contributed by atoms with Crippen LogP contribution in [0.1, 0.15) is 17.3 Å². The van der Waals surface area contributed by atoms with Crippen molar-refractivity contribution in [1.29, 1.82) is 0 Å². The van der Waals surface area contributed by atoms with Gasteiger partial charge in [0.1, 0.15) is 5.82 Å². The smallest absolute Gasteiger partial charge is 0.254 e. The van der Waals surface area contributed by atoms with Crippen molar-refractivity contribution in [1.82, 2.24) is 15.1 Å². The highest BCUT2D eigenvalue weighted by atomic mass is 79.9. The number of hydrogen-bond acceptors (Lipinski definition) is 2. The molecule has 1 heterocycles. The van der Waals surface area contributed by atoms with Crippen molar-refractivity contribution in [2.45, 2.75) is 19.5 Å². The maximum Gasteiger partial charge on any atom is 0.254 e. The molecular weight excluding hydrogens is 313 g/mol. The van der Waals surface area contributed by atoms with Crippen molar-refractivity contribution in [3.05, 3.63) is 52.5 Å². The summed E-state index contributed by atoms with van der Waals surface area (Å²) in [6, 6.07) is 5.94. The first-order valence-corrected chi connectivity index (χ1v) is 6.59. The Morgan fingerprint density at radius 2 is 2.37 bits per heavy atom. The molecule has 19 heavy (non-hydrogen) atoms. The fourth-order valence-electron chi connectivity index (χ4n) is 1.71. The molecule has 1 aromatic heterocycles. The molecule has 2 aromatic rings. The summed E-state index contributed by atoms with van der Waals surface area (Å²) >= 11 is 3.22. The Balaban J connectivity index is 2.02. The molecule has 0 saturated carbocycles. The fraction of sp³-hybridized carbons (Fsp3) is 0.231. The molecule has 0 aliphatic carbocycles. The molecule has 0 bridgehead atoms. The molecule has 0 saturated heterocycles. The number of carbonyl (C=O) groups excluding carboxylic acids is 1. The third kappa shape index (κ3) is 3.64. The second-order valence-corrected chi connectivity index (χ2v) is 5.14. The molecule has 0 aliphatic rings. The summed E-state index contributed by atoms with van der Waals surface area (Å²) in [6.45, 7) is 2.38. The van der Waals surface area contributed by atoms with E-state index in [1.807, 2.05) is 19.2 Å². The van der Waals surface area contributed by atoms with Crippen LogP contribution in [-0.2, 0) is 6.54 Å². The molecule has 0 radical (unpaired) electrons. The maximum absolute atomic E-state index is 13.5. The highest BCUT2D eigenvalue weighted by Gasteiger charge is 2.14. The van der Waals surface area contributed by atoms with Crippen LogP contribution in [0.25, 0.3) is 0 Å². The van der Waals surface area contributed by atoms with Crippen LogP contribution in [0.4, 0.5) is 4.39 Å². The Morgan fingerprint density at radius 1 is 1.58 bits per heavy atom. The lowest BCUT2D eigenvalue weighted by molar-refractivity contribution is 0.0932. The molecular formula is C13H13BrFN3O. The van der Waals surface area contributed by atoms with Crippen LogP contribution in [0.3, 0.4) is 0 Å². The molecule has 0 spiro atoms. The summed E-state index contributed by atoms with van der Waals surface area (Å²) in [5.74, 6) is -0.967. The van der Waals surface area contributed by atoms with Gasteiger partial charge in [-0.15, -0.1) is 0 Å². The predicted octanol–water partition coefficient (Wildman–Crippen LogP) is 2.60. The second-order valence-electron chi connectivity index (χ2n) is 4.23. The largest absolute Gasteiger partial charge is 0.348 e. The van der Waals surface area contributed by atoms with Crippen molar-refractivity contribution >= 4 is 21.8 Å². The minimum atomic E-state index is -0.535. The molecule has 1 N–H and O–H groups in total. The Labute approximate surface area is 118 Å². The van der Waals surface area contributed by atoms with Gasteiger partial charge in [-0.1, -0.05) is 15.9 Å². The maximum atomic E-state index is 13.5. The van der Waals surface area contributed by atoms with Crippen LogP contribution < -0.4 is 5.32 Å². The molecule has 1 aromatic carbocycles. The predicted molar refractivity (Wildman–Crippen MR) is 73.3 cm³/mol. The minimum absolute atomic E-state index is 0.0293. The third-order valence-electron chi connectivity index (χ3n) is 2.57. The summed E-state index contributed by atoms with van der Waals surface area (Å²) in [7, 11) is 0. The number of nitrogens with one attached hydrogen (secondary N) is 1. The van der Waals surface area contributed by atoms with Crippen LogP contribution in [-0.4, -0.2) is 21.7 Å². The molecule has 1 unspecified atom stereocenters. The average Bonchev–Trinajstić information content (AvgIpc) is 2.84. The van der Waals surface area contributed by atoms with Gasteiger partial charge in [0.15, 0.2) is 0 Å². The number of benzene rings is 1. The van der Waals surface area contributed by atoms with E-state index in [9.17, 15) is 9.18 Å². The van der Waals surface area contributed by atoms with E-state index in [0.717, 1.165) is 0 Å². The van der Waals surface area contributed by atoms with Gasteiger partial charge in [0.25, 0.3) is 5.91 Å². The summed E-state index contributed by atoms with van der Waals surface area (Å²) < 4.78 is 15.9. The van der Waals surface area contributed by atoms with Crippen LogP contribution >= 0.6 is 15.9 Å². The summed E-state index contributed by atoms with van der Waals surface area (Å²) in [6.07, 6.45) is 3.48. The van der Waals surface area contributed by atoms with Crippen molar-refractivity contribution in [3.8, 4) is 0 Å². The number of halogens is 2. The molecule has 0 fully saturated rings. The van der Waals surface area contributed by atoms with Gasteiger partial charge in [-0.3, -0.25) is 9.48 Å². The van der Waals surface area contributed by atoms with Gasteiger partial charge in [0, 0.05) is 22.9 Å². The van der Waals surface area contributed by atoms with E-state index in [1.54, 1.807) is 16.9 Å². The molecule has 2 rings (SSSR count). The number of nitrogens with zero attached hydrogens (tertiary/aromatic N) is 2. The number of carbonyl (C=O) groups is 1. The van der Waals surface area contributed by atoms with E-state index in [2.05, 4.69) is 26.3 Å². The van der Waals surface area contributed by atoms with Gasteiger partial charge in [0.05, 0.1) is 12.1 Å². The van der Waals surface area contributed by atoms with E-state index in [-0.39, 0.29) is 11.6 Å². The number of hydrogen-bond donors (Lipinski definition) is 1. The quantitative estimate of drug-likeness (QED) is 0.939. The highest BCUT2D eigenvalue weighted by molar-refractivity contribution is 9.10. The summed E-state index contributed by atoms with van der Waals surface area (Å²) in [5, 5.41) is 6.79. The summed E-state index contributed by atoms with van der Waals surface area (Å²) in [4.78, 5) is 12.0. The number of rotatable bonds is 4. The highest BCUT2D eigenvalue weighted by Crippen LogP contribution is 2.15. The van der Waals surface area contributed by atoms with Crippen molar-refractivity contribution in [2.75, 3.05) is 0 Å². The van der Waals surface area contributed by atoms with Gasteiger partial charge >= 0.3 is 0 Å². The van der Waals surface area contributed by atoms with E-state index >= 15 is 0 Å². The zero-order chi connectivity index (χ0) is 13.8. The molecule has 1 atom stereocenters. The van der Waals surface area contributed by atoms with Crippen LogP contribution in [0.2, 0.25) is 0 Å². The second kappa shape index (κ2) is 5.97. The van der Waals surface area contributed by atoms with Gasteiger partial charge in [-0.05, 0) is 31.2 Å². The van der Waals surface area contributed by atoms with Gasteiger partial charge < -0.3 is 5.32 Å². The lowest BCUT2D eigenvalue weighted by Gasteiger charge is -2.14. The molecule has 100 valence electrons. The van der Waals surface area contributed by atoms with Crippen LogP contribution in [0, 0.1) is 5.82 Å². The lowest BCUT2D eigenvalue weighted by atomic mass is 10.2. The standard InChI is InChI=1S/C13H13BrFN3O/c1-9(8-18-6-2-5-16-18)17-13(19)11-7-10(14)3-4-12(11)15/h2-7,9H,8H2,1H3,(H,17,19). The monoisotopic (exact) mass is 325 g/mol. The van der Waals surface area contributed by atoms with Crippen molar-refractivity contribution in [3.63, 3.8) is 0 Å². The lowest BCUT2D eigenvalue weighted by Crippen LogP contribution is -2.36. The first kappa shape index (κ1) is 13.7. The van der Waals surface area contributed by atoms with Gasteiger partial charge in [-0.2, -0.15) is 5.10 Å². The minimum Gasteiger partial charge on any atom is -0.348 e.